The van der Waals surface area contributed by atoms with Crippen LogP contribution in [0.5, 0.6) is 0 Å². The molecule has 1 N–H and O–H groups in total. The summed E-state index contributed by atoms with van der Waals surface area (Å²) in [7, 11) is 0. The third-order valence-corrected chi connectivity index (χ3v) is 4.83. The lowest BCUT2D eigenvalue weighted by Gasteiger charge is -2.31. The van der Waals surface area contributed by atoms with E-state index >= 15 is 0 Å². The van der Waals surface area contributed by atoms with Crippen LogP contribution >= 0.6 is 0 Å². The van der Waals surface area contributed by atoms with Gasteiger partial charge in [0.1, 0.15) is 5.82 Å². The van der Waals surface area contributed by atoms with E-state index in [0.29, 0.717) is 6.42 Å². The van der Waals surface area contributed by atoms with Gasteiger partial charge in [-0.15, -0.1) is 0 Å². The Morgan fingerprint density at radius 2 is 1.92 bits per heavy atom. The largest absolute Gasteiger partial charge is 0.347 e. The molecule has 0 spiro atoms. The molecular weight excluding hydrogens is 303 g/mol. The summed E-state index contributed by atoms with van der Waals surface area (Å²) in [5, 5.41) is 3.20. The monoisotopic (exact) mass is 326 g/mol. The fourth-order valence-corrected chi connectivity index (χ4v) is 3.58. The van der Waals surface area contributed by atoms with Crippen molar-refractivity contribution in [1.82, 2.24) is 10.3 Å². The van der Waals surface area contributed by atoms with Crippen molar-refractivity contribution >= 4 is 5.91 Å². The molecule has 1 heterocycles. The van der Waals surface area contributed by atoms with E-state index < -0.39 is 5.54 Å². The molecule has 1 fully saturated rings. The average molecular weight is 326 g/mol. The van der Waals surface area contributed by atoms with Crippen molar-refractivity contribution in [1.29, 1.82) is 0 Å². The Hall–Kier alpha value is -2.23. The number of pyridine rings is 1. The molecule has 1 aromatic heterocycles. The van der Waals surface area contributed by atoms with Crippen LogP contribution in [0.25, 0.3) is 0 Å². The second-order valence-corrected chi connectivity index (χ2v) is 6.56. The van der Waals surface area contributed by atoms with Crippen LogP contribution in [0.3, 0.4) is 0 Å². The SMILES string of the molecule is O=C(CCCc1ccncc1)NC1(c2cccc(F)c2)CCCC1. The predicted octanol–water partition coefficient (Wildman–Crippen LogP) is 4.13. The zero-order chi connectivity index (χ0) is 16.8. The third-order valence-electron chi connectivity index (χ3n) is 4.83. The zero-order valence-electron chi connectivity index (χ0n) is 13.8. The highest BCUT2D eigenvalue weighted by Gasteiger charge is 2.36. The van der Waals surface area contributed by atoms with Gasteiger partial charge in [-0.25, -0.2) is 4.39 Å². The number of aromatic nitrogens is 1. The lowest BCUT2D eigenvalue weighted by molar-refractivity contribution is -0.123. The van der Waals surface area contributed by atoms with Gasteiger partial charge in [0.05, 0.1) is 5.54 Å². The molecule has 1 aliphatic rings. The number of carbonyl (C=O) groups excluding carboxylic acids is 1. The van der Waals surface area contributed by atoms with Crippen molar-refractivity contribution in [3.05, 3.63) is 65.7 Å². The molecule has 1 aliphatic carbocycles. The number of aryl methyl sites for hydroxylation is 1. The Bertz CT molecular complexity index is 681. The smallest absolute Gasteiger partial charge is 0.220 e. The second-order valence-electron chi connectivity index (χ2n) is 6.56. The number of hydrogen-bond acceptors (Lipinski definition) is 2. The summed E-state index contributed by atoms with van der Waals surface area (Å²) in [6.45, 7) is 0. The van der Waals surface area contributed by atoms with E-state index in [1.54, 1.807) is 24.5 Å². The van der Waals surface area contributed by atoms with Gasteiger partial charge in [0.2, 0.25) is 5.91 Å². The average Bonchev–Trinajstić information content (AvgIpc) is 3.05. The Balaban J connectivity index is 1.60. The minimum Gasteiger partial charge on any atom is -0.347 e. The third kappa shape index (κ3) is 3.99. The van der Waals surface area contributed by atoms with Crippen LogP contribution in [0, 0.1) is 5.82 Å². The number of rotatable bonds is 6. The lowest BCUT2D eigenvalue weighted by atomic mass is 9.87. The summed E-state index contributed by atoms with van der Waals surface area (Å²) in [5.74, 6) is -0.194. The molecule has 1 amide bonds. The molecule has 0 atom stereocenters. The minimum absolute atomic E-state index is 0.0511. The molecule has 0 aliphatic heterocycles. The fraction of sp³-hybridized carbons (Fsp3) is 0.400. The van der Waals surface area contributed by atoms with E-state index in [-0.39, 0.29) is 11.7 Å². The number of nitrogens with one attached hydrogen (secondary N) is 1. The maximum atomic E-state index is 13.6. The van der Waals surface area contributed by atoms with E-state index in [2.05, 4.69) is 10.3 Å². The van der Waals surface area contributed by atoms with Crippen molar-refractivity contribution < 1.29 is 9.18 Å². The van der Waals surface area contributed by atoms with Crippen LogP contribution in [-0.4, -0.2) is 10.9 Å². The molecule has 1 saturated carbocycles. The van der Waals surface area contributed by atoms with Crippen LogP contribution in [0.4, 0.5) is 4.39 Å². The molecule has 0 radical (unpaired) electrons. The quantitative estimate of drug-likeness (QED) is 0.867. The Kier molecular flexibility index (Phi) is 5.24. The van der Waals surface area contributed by atoms with Crippen LogP contribution in [0.2, 0.25) is 0 Å². The fourth-order valence-electron chi connectivity index (χ4n) is 3.58. The number of hydrogen-bond donors (Lipinski definition) is 1. The lowest BCUT2D eigenvalue weighted by Crippen LogP contribution is -2.43. The molecule has 0 saturated heterocycles. The molecular formula is C20H23FN2O. The summed E-state index contributed by atoms with van der Waals surface area (Å²) in [5.41, 5.74) is 1.69. The zero-order valence-corrected chi connectivity index (χ0v) is 13.8. The number of halogens is 1. The van der Waals surface area contributed by atoms with E-state index in [1.807, 2.05) is 18.2 Å². The molecule has 24 heavy (non-hydrogen) atoms. The van der Waals surface area contributed by atoms with Gasteiger partial charge in [0.15, 0.2) is 0 Å². The van der Waals surface area contributed by atoms with E-state index in [9.17, 15) is 9.18 Å². The van der Waals surface area contributed by atoms with Gasteiger partial charge in [-0.05, 0) is 61.1 Å². The van der Waals surface area contributed by atoms with Gasteiger partial charge in [-0.1, -0.05) is 25.0 Å². The number of amides is 1. The Morgan fingerprint density at radius 1 is 1.17 bits per heavy atom. The van der Waals surface area contributed by atoms with Crippen molar-refractivity contribution in [2.45, 2.75) is 50.5 Å². The number of carbonyl (C=O) groups is 1. The highest BCUT2D eigenvalue weighted by molar-refractivity contribution is 5.77. The normalized spacial score (nSPS) is 16.0. The van der Waals surface area contributed by atoms with E-state index in [1.165, 1.54) is 11.6 Å². The van der Waals surface area contributed by atoms with Gasteiger partial charge in [-0.3, -0.25) is 9.78 Å². The molecule has 3 nitrogen and oxygen atoms in total. The number of nitrogens with zero attached hydrogens (tertiary/aromatic N) is 1. The summed E-state index contributed by atoms with van der Waals surface area (Å²) in [6.07, 6.45) is 9.58. The molecule has 4 heteroatoms. The standard InChI is InChI=1S/C20H23FN2O/c21-18-7-4-6-17(15-18)20(11-1-2-12-20)23-19(24)8-3-5-16-9-13-22-14-10-16/h4,6-7,9-10,13-15H,1-3,5,8,11-12H2,(H,23,24). The van der Waals surface area contributed by atoms with Crippen LogP contribution in [0.15, 0.2) is 48.8 Å². The summed E-state index contributed by atoms with van der Waals surface area (Å²) < 4.78 is 13.6. The van der Waals surface area contributed by atoms with Crippen molar-refractivity contribution in [3.8, 4) is 0 Å². The molecule has 1 aromatic carbocycles. The Labute approximate surface area is 142 Å². The first-order valence-electron chi connectivity index (χ1n) is 8.64. The van der Waals surface area contributed by atoms with E-state index in [4.69, 9.17) is 0 Å². The molecule has 126 valence electrons. The van der Waals surface area contributed by atoms with Crippen LogP contribution in [0.1, 0.15) is 49.7 Å². The molecule has 3 rings (SSSR count). The minimum atomic E-state index is -0.393. The summed E-state index contributed by atoms with van der Waals surface area (Å²) in [6, 6.07) is 10.6. The van der Waals surface area contributed by atoms with Crippen molar-refractivity contribution in [2.24, 2.45) is 0 Å². The van der Waals surface area contributed by atoms with Gasteiger partial charge in [0.25, 0.3) is 0 Å². The maximum absolute atomic E-state index is 13.6. The second kappa shape index (κ2) is 7.56. The molecule has 0 bridgehead atoms. The highest BCUT2D eigenvalue weighted by atomic mass is 19.1. The highest BCUT2D eigenvalue weighted by Crippen LogP contribution is 2.39. The Morgan fingerprint density at radius 3 is 2.62 bits per heavy atom. The first kappa shape index (κ1) is 16.6. The van der Waals surface area contributed by atoms with Crippen molar-refractivity contribution in [2.75, 3.05) is 0 Å². The number of benzene rings is 1. The first-order valence-corrected chi connectivity index (χ1v) is 8.64. The first-order chi connectivity index (χ1) is 11.7. The maximum Gasteiger partial charge on any atom is 0.220 e. The van der Waals surface area contributed by atoms with E-state index in [0.717, 1.165) is 44.1 Å². The molecule has 0 unspecified atom stereocenters. The van der Waals surface area contributed by atoms with Gasteiger partial charge in [-0.2, -0.15) is 0 Å². The molecule has 2 aromatic rings. The van der Waals surface area contributed by atoms with Gasteiger partial charge in [0, 0.05) is 18.8 Å². The van der Waals surface area contributed by atoms with Crippen LogP contribution in [-0.2, 0) is 16.8 Å². The topological polar surface area (TPSA) is 42.0 Å². The summed E-state index contributed by atoms with van der Waals surface area (Å²) >= 11 is 0. The van der Waals surface area contributed by atoms with Gasteiger partial charge >= 0.3 is 0 Å². The predicted molar refractivity (Wildman–Crippen MR) is 91.9 cm³/mol. The van der Waals surface area contributed by atoms with Crippen LogP contribution < -0.4 is 5.32 Å². The van der Waals surface area contributed by atoms with Crippen molar-refractivity contribution in [3.63, 3.8) is 0 Å². The van der Waals surface area contributed by atoms with Gasteiger partial charge < -0.3 is 5.32 Å². The summed E-state index contributed by atoms with van der Waals surface area (Å²) in [4.78, 5) is 16.4.